The molecule has 3 rings (SSSR count). The number of aromatic nitrogens is 3. The normalized spacial score (nSPS) is 10.5. The number of nitrogens with zero attached hydrogens (tertiary/aromatic N) is 3. The maximum Gasteiger partial charge on any atom is 0.232 e. The second kappa shape index (κ2) is 9.05. The smallest absolute Gasteiger partial charge is 0.232 e. The van der Waals surface area contributed by atoms with Crippen molar-refractivity contribution >= 4 is 29.3 Å². The number of para-hydroxylation sites is 2. The summed E-state index contributed by atoms with van der Waals surface area (Å²) in [5.41, 5.74) is 7.84. The SMILES string of the molecule is Cc1ccccc1OCCSCc1nc(N)nc(Nc2ccccc2)n1. The Hall–Kier alpha value is -2.80. The monoisotopic (exact) mass is 367 g/mol. The first-order chi connectivity index (χ1) is 12.7. The van der Waals surface area contributed by atoms with Crippen LogP contribution in [-0.4, -0.2) is 27.3 Å². The first kappa shape index (κ1) is 18.0. The fourth-order valence-electron chi connectivity index (χ4n) is 2.30. The average molecular weight is 367 g/mol. The van der Waals surface area contributed by atoms with E-state index in [4.69, 9.17) is 10.5 Å². The Balaban J connectivity index is 1.49. The van der Waals surface area contributed by atoms with Gasteiger partial charge in [-0.2, -0.15) is 26.7 Å². The van der Waals surface area contributed by atoms with Crippen molar-refractivity contribution in [3.8, 4) is 5.75 Å². The summed E-state index contributed by atoms with van der Waals surface area (Å²) in [7, 11) is 0. The molecule has 0 fully saturated rings. The van der Waals surface area contributed by atoms with Crippen molar-refractivity contribution in [3.63, 3.8) is 0 Å². The molecule has 0 aliphatic carbocycles. The second-order valence-corrected chi connectivity index (χ2v) is 6.70. The molecule has 7 heteroatoms. The van der Waals surface area contributed by atoms with E-state index in [2.05, 4.69) is 20.3 Å². The summed E-state index contributed by atoms with van der Waals surface area (Å²) >= 11 is 1.69. The van der Waals surface area contributed by atoms with E-state index in [1.54, 1.807) is 11.8 Å². The predicted molar refractivity (Wildman–Crippen MR) is 107 cm³/mol. The Kier molecular flexibility index (Phi) is 6.27. The maximum atomic E-state index is 5.80. The van der Waals surface area contributed by atoms with Crippen LogP contribution >= 0.6 is 11.8 Å². The lowest BCUT2D eigenvalue weighted by Crippen LogP contribution is -2.07. The van der Waals surface area contributed by atoms with Crippen LogP contribution in [0.4, 0.5) is 17.6 Å². The number of ether oxygens (including phenoxy) is 1. The molecule has 0 atom stereocenters. The van der Waals surface area contributed by atoms with Crippen molar-refractivity contribution in [1.82, 2.24) is 15.0 Å². The lowest BCUT2D eigenvalue weighted by atomic mass is 10.2. The van der Waals surface area contributed by atoms with Gasteiger partial charge in [0.25, 0.3) is 0 Å². The summed E-state index contributed by atoms with van der Waals surface area (Å²) < 4.78 is 5.79. The largest absolute Gasteiger partial charge is 0.492 e. The van der Waals surface area contributed by atoms with Crippen LogP contribution in [-0.2, 0) is 5.75 Å². The molecular formula is C19H21N5OS. The number of aryl methyl sites for hydroxylation is 1. The molecule has 0 saturated carbocycles. The number of thioether (sulfide) groups is 1. The molecule has 1 aromatic heterocycles. The number of hydrogen-bond acceptors (Lipinski definition) is 7. The van der Waals surface area contributed by atoms with E-state index in [1.165, 1.54) is 0 Å². The van der Waals surface area contributed by atoms with E-state index >= 15 is 0 Å². The molecule has 134 valence electrons. The highest BCUT2D eigenvalue weighted by molar-refractivity contribution is 7.98. The molecule has 0 amide bonds. The maximum absolute atomic E-state index is 5.80. The fraction of sp³-hybridized carbons (Fsp3) is 0.211. The van der Waals surface area contributed by atoms with Gasteiger partial charge in [0.1, 0.15) is 11.6 Å². The van der Waals surface area contributed by atoms with Gasteiger partial charge < -0.3 is 15.8 Å². The quantitative estimate of drug-likeness (QED) is 0.585. The molecule has 1 heterocycles. The Morgan fingerprint density at radius 3 is 2.58 bits per heavy atom. The van der Waals surface area contributed by atoms with Crippen LogP contribution < -0.4 is 15.8 Å². The van der Waals surface area contributed by atoms with Gasteiger partial charge >= 0.3 is 0 Å². The number of nitrogens with one attached hydrogen (secondary N) is 1. The number of anilines is 3. The summed E-state index contributed by atoms with van der Waals surface area (Å²) in [6.45, 7) is 2.67. The molecule has 26 heavy (non-hydrogen) atoms. The standard InChI is InChI=1S/C19H21N5OS/c1-14-7-5-6-10-16(14)25-11-12-26-13-17-22-18(20)24-19(23-17)21-15-8-3-2-4-9-15/h2-10H,11-13H2,1H3,(H3,20,21,22,23,24). The van der Waals surface area contributed by atoms with Crippen molar-refractivity contribution in [2.75, 3.05) is 23.4 Å². The number of hydrogen-bond donors (Lipinski definition) is 2. The Labute approximate surface area is 157 Å². The van der Waals surface area contributed by atoms with E-state index < -0.39 is 0 Å². The summed E-state index contributed by atoms with van der Waals surface area (Å²) in [6.07, 6.45) is 0. The van der Waals surface area contributed by atoms with Crippen LogP contribution in [0.5, 0.6) is 5.75 Å². The molecule has 0 aliphatic heterocycles. The molecule has 0 bridgehead atoms. The minimum atomic E-state index is 0.213. The third-order valence-corrected chi connectivity index (χ3v) is 4.46. The first-order valence-corrected chi connectivity index (χ1v) is 9.45. The van der Waals surface area contributed by atoms with E-state index in [0.717, 1.165) is 22.8 Å². The fourth-order valence-corrected chi connectivity index (χ4v) is 2.96. The van der Waals surface area contributed by atoms with Gasteiger partial charge in [-0.1, -0.05) is 36.4 Å². The first-order valence-electron chi connectivity index (χ1n) is 8.29. The van der Waals surface area contributed by atoms with E-state index in [0.29, 0.717) is 24.1 Å². The highest BCUT2D eigenvalue weighted by Crippen LogP contribution is 2.18. The van der Waals surface area contributed by atoms with Gasteiger partial charge in [0.15, 0.2) is 0 Å². The minimum absolute atomic E-state index is 0.213. The van der Waals surface area contributed by atoms with Gasteiger partial charge in [-0.25, -0.2) is 0 Å². The Bertz CT molecular complexity index is 844. The van der Waals surface area contributed by atoms with Crippen molar-refractivity contribution in [2.24, 2.45) is 0 Å². The van der Waals surface area contributed by atoms with Crippen LogP contribution in [0.1, 0.15) is 11.4 Å². The topological polar surface area (TPSA) is 86.0 Å². The zero-order chi connectivity index (χ0) is 18.2. The molecule has 0 radical (unpaired) electrons. The zero-order valence-corrected chi connectivity index (χ0v) is 15.4. The number of rotatable bonds is 8. The molecule has 3 aromatic rings. The van der Waals surface area contributed by atoms with Crippen LogP contribution in [0.15, 0.2) is 54.6 Å². The van der Waals surface area contributed by atoms with Crippen molar-refractivity contribution in [1.29, 1.82) is 0 Å². The summed E-state index contributed by atoms with van der Waals surface area (Å²) in [4.78, 5) is 12.8. The van der Waals surface area contributed by atoms with Crippen LogP contribution in [0, 0.1) is 6.92 Å². The summed E-state index contributed by atoms with van der Waals surface area (Å²) in [5, 5.41) is 3.14. The van der Waals surface area contributed by atoms with E-state index in [1.807, 2.05) is 61.5 Å². The predicted octanol–water partition coefficient (Wildman–Crippen LogP) is 3.82. The second-order valence-electron chi connectivity index (χ2n) is 5.59. The highest BCUT2D eigenvalue weighted by atomic mass is 32.2. The van der Waals surface area contributed by atoms with E-state index in [9.17, 15) is 0 Å². The van der Waals surface area contributed by atoms with Gasteiger partial charge in [-0.15, -0.1) is 0 Å². The molecule has 6 nitrogen and oxygen atoms in total. The van der Waals surface area contributed by atoms with Gasteiger partial charge in [0.2, 0.25) is 11.9 Å². The summed E-state index contributed by atoms with van der Waals surface area (Å²) in [6, 6.07) is 17.7. The molecular weight excluding hydrogens is 346 g/mol. The van der Waals surface area contributed by atoms with E-state index in [-0.39, 0.29) is 5.95 Å². The van der Waals surface area contributed by atoms with Gasteiger partial charge in [-0.3, -0.25) is 0 Å². The highest BCUT2D eigenvalue weighted by Gasteiger charge is 2.05. The number of benzene rings is 2. The summed E-state index contributed by atoms with van der Waals surface area (Å²) in [5.74, 6) is 3.72. The van der Waals surface area contributed by atoms with Crippen molar-refractivity contribution in [3.05, 3.63) is 66.0 Å². The molecule has 0 spiro atoms. The minimum Gasteiger partial charge on any atom is -0.492 e. The van der Waals surface area contributed by atoms with Crippen LogP contribution in [0.3, 0.4) is 0 Å². The average Bonchev–Trinajstić information content (AvgIpc) is 2.63. The van der Waals surface area contributed by atoms with Crippen LogP contribution in [0.2, 0.25) is 0 Å². The molecule has 0 aliphatic rings. The lowest BCUT2D eigenvalue weighted by Gasteiger charge is -2.09. The Morgan fingerprint density at radius 1 is 1.00 bits per heavy atom. The van der Waals surface area contributed by atoms with Crippen LogP contribution in [0.25, 0.3) is 0 Å². The van der Waals surface area contributed by atoms with Crippen molar-refractivity contribution < 1.29 is 4.74 Å². The third kappa shape index (κ3) is 5.35. The third-order valence-electron chi connectivity index (χ3n) is 3.54. The number of nitrogens with two attached hydrogens (primary N) is 1. The zero-order valence-electron chi connectivity index (χ0n) is 14.6. The molecule has 2 aromatic carbocycles. The van der Waals surface area contributed by atoms with Gasteiger partial charge in [0, 0.05) is 11.4 Å². The lowest BCUT2D eigenvalue weighted by molar-refractivity contribution is 0.341. The van der Waals surface area contributed by atoms with Gasteiger partial charge in [0.05, 0.1) is 12.4 Å². The van der Waals surface area contributed by atoms with Gasteiger partial charge in [-0.05, 0) is 30.7 Å². The molecule has 3 N–H and O–H groups in total. The molecule has 0 unspecified atom stereocenters. The number of nitrogen functional groups attached to an aromatic ring is 1. The molecule has 0 saturated heterocycles. The van der Waals surface area contributed by atoms with Crippen molar-refractivity contribution in [2.45, 2.75) is 12.7 Å². The Morgan fingerprint density at radius 2 is 1.77 bits per heavy atom.